The van der Waals surface area contributed by atoms with Crippen molar-refractivity contribution in [3.63, 3.8) is 0 Å². The van der Waals surface area contributed by atoms with Crippen molar-refractivity contribution in [2.24, 2.45) is 0 Å². The van der Waals surface area contributed by atoms with Crippen LogP contribution in [0.25, 0.3) is 0 Å². The molecule has 0 saturated carbocycles. The second-order valence-electron chi connectivity index (χ2n) is 7.84. The largest absolute Gasteiger partial charge is 0.497 e. The average Bonchev–Trinajstić information content (AvgIpc) is 2.79. The summed E-state index contributed by atoms with van der Waals surface area (Å²) < 4.78 is 5.19. The van der Waals surface area contributed by atoms with Crippen LogP contribution in [0.15, 0.2) is 24.3 Å². The van der Waals surface area contributed by atoms with Gasteiger partial charge in [-0.3, -0.25) is 9.59 Å². The number of carbonyl (C=O) groups is 2. The number of nitrogens with one attached hydrogen (secondary N) is 1. The topological polar surface area (TPSA) is 65.1 Å². The maximum Gasteiger partial charge on any atom is 0.254 e. The van der Waals surface area contributed by atoms with Crippen molar-refractivity contribution in [2.45, 2.75) is 25.7 Å². The number of nitrogens with zero attached hydrogens (tertiary/aromatic N) is 3. The third-order valence-corrected chi connectivity index (χ3v) is 5.77. The molecule has 1 aromatic rings. The molecule has 1 aromatic carbocycles. The fourth-order valence-electron chi connectivity index (χ4n) is 4.01. The Labute approximate surface area is 174 Å². The SMILES string of the molecule is COc1ccc(C(=O)N(CCCN2CCCCC2)CC(=O)N2CCNCC2)cc1. The molecule has 2 aliphatic heterocycles. The minimum atomic E-state index is -0.0882. The van der Waals surface area contributed by atoms with Crippen LogP contribution in [0.1, 0.15) is 36.0 Å². The van der Waals surface area contributed by atoms with Gasteiger partial charge in [-0.1, -0.05) is 6.42 Å². The van der Waals surface area contributed by atoms with Gasteiger partial charge in [0.15, 0.2) is 0 Å². The lowest BCUT2D eigenvalue weighted by atomic mass is 10.1. The number of hydrogen-bond donors (Lipinski definition) is 1. The van der Waals surface area contributed by atoms with E-state index in [2.05, 4.69) is 10.2 Å². The number of ether oxygens (including phenoxy) is 1. The van der Waals surface area contributed by atoms with Crippen LogP contribution in [-0.2, 0) is 4.79 Å². The first-order valence-electron chi connectivity index (χ1n) is 10.8. The van der Waals surface area contributed by atoms with Crippen LogP contribution in [0.4, 0.5) is 0 Å². The number of carbonyl (C=O) groups excluding carboxylic acids is 2. The van der Waals surface area contributed by atoms with Crippen LogP contribution in [0, 0.1) is 0 Å². The molecule has 3 rings (SSSR count). The highest BCUT2D eigenvalue weighted by Gasteiger charge is 2.23. The van der Waals surface area contributed by atoms with E-state index in [0.29, 0.717) is 25.2 Å². The molecule has 7 heteroatoms. The van der Waals surface area contributed by atoms with E-state index in [9.17, 15) is 9.59 Å². The Balaban J connectivity index is 1.61. The van der Waals surface area contributed by atoms with Crippen molar-refractivity contribution < 1.29 is 14.3 Å². The highest BCUT2D eigenvalue weighted by Crippen LogP contribution is 2.14. The Bertz CT molecular complexity index is 653. The molecule has 2 fully saturated rings. The number of hydrogen-bond acceptors (Lipinski definition) is 5. The lowest BCUT2D eigenvalue weighted by molar-refractivity contribution is -0.132. The summed E-state index contributed by atoms with van der Waals surface area (Å²) in [5.74, 6) is 0.663. The Morgan fingerprint density at radius 1 is 1.03 bits per heavy atom. The summed E-state index contributed by atoms with van der Waals surface area (Å²) in [5, 5.41) is 3.26. The second-order valence-corrected chi connectivity index (χ2v) is 7.84. The van der Waals surface area contributed by atoms with Gasteiger partial charge in [0.2, 0.25) is 5.91 Å². The molecule has 2 aliphatic rings. The molecule has 29 heavy (non-hydrogen) atoms. The van der Waals surface area contributed by atoms with E-state index in [1.165, 1.54) is 19.3 Å². The van der Waals surface area contributed by atoms with Crippen molar-refractivity contribution in [2.75, 3.05) is 66.0 Å². The molecule has 2 heterocycles. The van der Waals surface area contributed by atoms with Gasteiger partial charge in [0.25, 0.3) is 5.91 Å². The quantitative estimate of drug-likeness (QED) is 0.713. The first kappa shape index (κ1) is 21.6. The smallest absolute Gasteiger partial charge is 0.254 e. The fraction of sp³-hybridized carbons (Fsp3) is 0.636. The molecular formula is C22H34N4O3. The first-order valence-corrected chi connectivity index (χ1v) is 10.8. The number of piperazine rings is 1. The number of piperidine rings is 1. The van der Waals surface area contributed by atoms with Crippen molar-refractivity contribution in [1.29, 1.82) is 0 Å². The summed E-state index contributed by atoms with van der Waals surface area (Å²) in [6, 6.07) is 7.12. The minimum absolute atomic E-state index is 0.0336. The number of likely N-dealkylation sites (tertiary alicyclic amines) is 1. The van der Waals surface area contributed by atoms with E-state index in [-0.39, 0.29) is 18.4 Å². The third kappa shape index (κ3) is 6.44. The van der Waals surface area contributed by atoms with E-state index >= 15 is 0 Å². The normalized spacial score (nSPS) is 17.8. The van der Waals surface area contributed by atoms with Gasteiger partial charge < -0.3 is 24.8 Å². The van der Waals surface area contributed by atoms with Crippen molar-refractivity contribution in [3.05, 3.63) is 29.8 Å². The van der Waals surface area contributed by atoms with Gasteiger partial charge in [-0.2, -0.15) is 0 Å². The van der Waals surface area contributed by atoms with Crippen LogP contribution in [0.3, 0.4) is 0 Å². The molecule has 0 unspecified atom stereocenters. The van der Waals surface area contributed by atoms with Crippen LogP contribution in [0.5, 0.6) is 5.75 Å². The average molecular weight is 403 g/mol. The predicted molar refractivity (Wildman–Crippen MR) is 113 cm³/mol. The van der Waals surface area contributed by atoms with Crippen LogP contribution >= 0.6 is 0 Å². The summed E-state index contributed by atoms with van der Waals surface area (Å²) in [6.45, 7) is 7.05. The predicted octanol–water partition coefficient (Wildman–Crippen LogP) is 1.45. The number of methoxy groups -OCH3 is 1. The molecule has 2 amide bonds. The Morgan fingerprint density at radius 2 is 1.72 bits per heavy atom. The zero-order valence-electron chi connectivity index (χ0n) is 17.6. The number of rotatable bonds is 8. The molecule has 0 radical (unpaired) electrons. The summed E-state index contributed by atoms with van der Waals surface area (Å²) in [5.41, 5.74) is 0.594. The van der Waals surface area contributed by atoms with Gasteiger partial charge in [0.1, 0.15) is 12.3 Å². The highest BCUT2D eigenvalue weighted by molar-refractivity contribution is 5.96. The Kier molecular flexibility index (Phi) is 8.31. The van der Waals surface area contributed by atoms with Gasteiger partial charge >= 0.3 is 0 Å². The fourth-order valence-corrected chi connectivity index (χ4v) is 4.01. The molecule has 0 spiro atoms. The summed E-state index contributed by atoms with van der Waals surface area (Å²) in [6.07, 6.45) is 4.72. The standard InChI is InChI=1S/C22H34N4O3/c1-29-20-8-6-19(7-9-20)22(28)26(15-5-14-24-12-3-2-4-13-24)18-21(27)25-16-10-23-11-17-25/h6-9,23H,2-5,10-18H2,1H3. The molecule has 7 nitrogen and oxygen atoms in total. The molecule has 1 N–H and O–H groups in total. The molecule has 0 bridgehead atoms. The molecule has 160 valence electrons. The van der Waals surface area contributed by atoms with Gasteiger partial charge in [-0.05, 0) is 63.2 Å². The maximum atomic E-state index is 13.1. The molecule has 2 saturated heterocycles. The van der Waals surface area contributed by atoms with Gasteiger partial charge in [-0.15, -0.1) is 0 Å². The molecule has 0 aromatic heterocycles. The third-order valence-electron chi connectivity index (χ3n) is 5.77. The monoisotopic (exact) mass is 402 g/mol. The molecule has 0 aliphatic carbocycles. The number of amides is 2. The van der Waals surface area contributed by atoms with E-state index < -0.39 is 0 Å². The zero-order valence-corrected chi connectivity index (χ0v) is 17.6. The summed E-state index contributed by atoms with van der Waals surface area (Å²) >= 11 is 0. The minimum Gasteiger partial charge on any atom is -0.497 e. The number of benzene rings is 1. The van der Waals surface area contributed by atoms with Gasteiger partial charge in [0.05, 0.1) is 7.11 Å². The van der Waals surface area contributed by atoms with Crippen molar-refractivity contribution in [1.82, 2.24) is 20.0 Å². The Morgan fingerprint density at radius 3 is 2.38 bits per heavy atom. The maximum absolute atomic E-state index is 13.1. The lowest BCUT2D eigenvalue weighted by Crippen LogP contribution is -2.50. The molecule has 0 atom stereocenters. The van der Waals surface area contributed by atoms with Crippen LogP contribution in [-0.4, -0.2) is 92.5 Å². The first-order chi connectivity index (χ1) is 14.2. The highest BCUT2D eigenvalue weighted by atomic mass is 16.5. The van der Waals surface area contributed by atoms with E-state index in [0.717, 1.165) is 44.9 Å². The second kappa shape index (κ2) is 11.2. The van der Waals surface area contributed by atoms with Crippen molar-refractivity contribution in [3.8, 4) is 5.75 Å². The van der Waals surface area contributed by atoms with E-state index in [1.54, 1.807) is 36.3 Å². The summed E-state index contributed by atoms with van der Waals surface area (Å²) in [7, 11) is 1.61. The van der Waals surface area contributed by atoms with Gasteiger partial charge in [-0.25, -0.2) is 0 Å². The van der Waals surface area contributed by atoms with E-state index in [1.807, 2.05) is 4.90 Å². The molecular weight excluding hydrogens is 368 g/mol. The lowest BCUT2D eigenvalue weighted by Gasteiger charge is -2.31. The van der Waals surface area contributed by atoms with Crippen molar-refractivity contribution >= 4 is 11.8 Å². The Hall–Kier alpha value is -2.12. The van der Waals surface area contributed by atoms with Crippen LogP contribution < -0.4 is 10.1 Å². The summed E-state index contributed by atoms with van der Waals surface area (Å²) in [4.78, 5) is 32.0. The van der Waals surface area contributed by atoms with E-state index in [4.69, 9.17) is 4.74 Å². The van der Waals surface area contributed by atoms with Crippen LogP contribution in [0.2, 0.25) is 0 Å². The van der Waals surface area contributed by atoms with Gasteiger partial charge in [0, 0.05) is 38.3 Å². The zero-order chi connectivity index (χ0) is 20.5.